The minimum Gasteiger partial charge on any atom is -0.314 e. The van der Waals surface area contributed by atoms with Gasteiger partial charge >= 0.3 is 0 Å². The summed E-state index contributed by atoms with van der Waals surface area (Å²) < 4.78 is 0. The number of piperidine rings is 1. The molecule has 2 heteroatoms. The van der Waals surface area contributed by atoms with E-state index in [1.807, 2.05) is 0 Å². The van der Waals surface area contributed by atoms with Crippen LogP contribution in [-0.4, -0.2) is 23.4 Å². The Bertz CT molecular complexity index is 299. The lowest BCUT2D eigenvalue weighted by molar-refractivity contribution is -0.111. The lowest BCUT2D eigenvalue weighted by Crippen LogP contribution is -2.31. The Hall–Kier alpha value is -0.860. The molecule has 0 aromatic heterocycles. The van der Waals surface area contributed by atoms with Crippen LogP contribution in [0.3, 0.4) is 0 Å². The summed E-state index contributed by atoms with van der Waals surface area (Å²) in [5.41, 5.74) is 2.75. The standard InChI is InChI=1S/C13H19NO/c1-11-2-4-12(5-3-11)10-13-6-8-14(15)9-7-13/h2-5,13,15H,6-10H2,1H3. The largest absolute Gasteiger partial charge is 0.314 e. The highest BCUT2D eigenvalue weighted by Crippen LogP contribution is 2.20. The van der Waals surface area contributed by atoms with E-state index in [1.54, 1.807) is 0 Å². The van der Waals surface area contributed by atoms with Gasteiger partial charge in [-0.25, -0.2) is 0 Å². The van der Waals surface area contributed by atoms with Crippen molar-refractivity contribution >= 4 is 0 Å². The fourth-order valence-electron chi connectivity index (χ4n) is 2.18. The summed E-state index contributed by atoms with van der Waals surface area (Å²) in [6.45, 7) is 3.78. The van der Waals surface area contributed by atoms with E-state index in [0.29, 0.717) is 0 Å². The fraction of sp³-hybridized carbons (Fsp3) is 0.538. The van der Waals surface area contributed by atoms with Crippen LogP contribution in [0.2, 0.25) is 0 Å². The van der Waals surface area contributed by atoms with Gasteiger partial charge in [0.25, 0.3) is 0 Å². The number of hydrogen-bond acceptors (Lipinski definition) is 2. The lowest BCUT2D eigenvalue weighted by Gasteiger charge is -2.27. The Labute approximate surface area is 91.5 Å². The van der Waals surface area contributed by atoms with E-state index in [0.717, 1.165) is 38.3 Å². The van der Waals surface area contributed by atoms with Crippen LogP contribution in [0, 0.1) is 12.8 Å². The predicted molar refractivity (Wildman–Crippen MR) is 61.0 cm³/mol. The maximum absolute atomic E-state index is 9.26. The van der Waals surface area contributed by atoms with Gasteiger partial charge in [0.1, 0.15) is 0 Å². The van der Waals surface area contributed by atoms with Crippen molar-refractivity contribution in [3.63, 3.8) is 0 Å². The van der Waals surface area contributed by atoms with Crippen LogP contribution >= 0.6 is 0 Å². The fourth-order valence-corrected chi connectivity index (χ4v) is 2.18. The highest BCUT2D eigenvalue weighted by molar-refractivity contribution is 5.21. The zero-order valence-corrected chi connectivity index (χ0v) is 9.32. The molecule has 0 aliphatic carbocycles. The maximum Gasteiger partial charge on any atom is 0.0240 e. The molecule has 0 saturated carbocycles. The van der Waals surface area contributed by atoms with E-state index >= 15 is 0 Å². The van der Waals surface area contributed by atoms with Crippen LogP contribution in [-0.2, 0) is 6.42 Å². The zero-order chi connectivity index (χ0) is 10.7. The number of rotatable bonds is 2. The third-order valence-corrected chi connectivity index (χ3v) is 3.24. The molecule has 15 heavy (non-hydrogen) atoms. The summed E-state index contributed by atoms with van der Waals surface area (Å²) in [6, 6.07) is 8.80. The number of aryl methyl sites for hydroxylation is 1. The van der Waals surface area contributed by atoms with Gasteiger partial charge in [-0.15, -0.1) is 0 Å². The molecular weight excluding hydrogens is 186 g/mol. The van der Waals surface area contributed by atoms with Gasteiger partial charge in [-0.05, 0) is 37.7 Å². The summed E-state index contributed by atoms with van der Waals surface area (Å²) in [5.74, 6) is 0.746. The molecule has 1 aliphatic rings. The molecule has 1 aromatic carbocycles. The molecule has 1 aromatic rings. The maximum atomic E-state index is 9.26. The highest BCUT2D eigenvalue weighted by Gasteiger charge is 2.17. The van der Waals surface area contributed by atoms with Crippen molar-refractivity contribution in [3.05, 3.63) is 35.4 Å². The Morgan fingerprint density at radius 1 is 1.20 bits per heavy atom. The van der Waals surface area contributed by atoms with Crippen molar-refractivity contribution < 1.29 is 5.21 Å². The Morgan fingerprint density at radius 3 is 2.40 bits per heavy atom. The Morgan fingerprint density at radius 2 is 1.80 bits per heavy atom. The van der Waals surface area contributed by atoms with Crippen LogP contribution in [0.4, 0.5) is 0 Å². The first-order chi connectivity index (χ1) is 7.24. The van der Waals surface area contributed by atoms with Crippen molar-refractivity contribution in [2.75, 3.05) is 13.1 Å². The van der Waals surface area contributed by atoms with Gasteiger partial charge in [0.2, 0.25) is 0 Å². The van der Waals surface area contributed by atoms with Crippen molar-refractivity contribution in [2.24, 2.45) is 5.92 Å². The second-order valence-corrected chi connectivity index (χ2v) is 4.59. The van der Waals surface area contributed by atoms with Gasteiger partial charge in [-0.2, -0.15) is 5.06 Å². The SMILES string of the molecule is Cc1ccc(CC2CCN(O)CC2)cc1. The van der Waals surface area contributed by atoms with Crippen molar-refractivity contribution in [1.82, 2.24) is 5.06 Å². The predicted octanol–water partition coefficient (Wildman–Crippen LogP) is 2.64. The first-order valence-electron chi connectivity index (χ1n) is 5.73. The molecule has 82 valence electrons. The molecule has 0 bridgehead atoms. The molecule has 0 amide bonds. The molecule has 1 N–H and O–H groups in total. The molecule has 1 fully saturated rings. The number of benzene rings is 1. The number of nitrogens with zero attached hydrogens (tertiary/aromatic N) is 1. The van der Waals surface area contributed by atoms with E-state index < -0.39 is 0 Å². The first kappa shape index (κ1) is 10.7. The Balaban J connectivity index is 1.89. The van der Waals surface area contributed by atoms with Crippen molar-refractivity contribution in [1.29, 1.82) is 0 Å². The number of hydrogen-bond donors (Lipinski definition) is 1. The molecule has 1 aliphatic heterocycles. The third kappa shape index (κ3) is 3.05. The average molecular weight is 205 g/mol. The van der Waals surface area contributed by atoms with Crippen LogP contribution in [0.25, 0.3) is 0 Å². The molecule has 2 nitrogen and oxygen atoms in total. The van der Waals surface area contributed by atoms with Gasteiger partial charge in [0.05, 0.1) is 0 Å². The third-order valence-electron chi connectivity index (χ3n) is 3.24. The van der Waals surface area contributed by atoms with Crippen LogP contribution in [0.1, 0.15) is 24.0 Å². The van der Waals surface area contributed by atoms with Gasteiger partial charge in [0.15, 0.2) is 0 Å². The van der Waals surface area contributed by atoms with E-state index in [9.17, 15) is 5.21 Å². The summed E-state index contributed by atoms with van der Waals surface area (Å²) in [5, 5.41) is 10.7. The monoisotopic (exact) mass is 205 g/mol. The van der Waals surface area contributed by atoms with E-state index in [2.05, 4.69) is 31.2 Å². The summed E-state index contributed by atoms with van der Waals surface area (Å²) in [6.07, 6.45) is 3.39. The molecule has 1 heterocycles. The minimum absolute atomic E-state index is 0.746. The highest BCUT2D eigenvalue weighted by atomic mass is 16.5. The Kier molecular flexibility index (Phi) is 3.39. The summed E-state index contributed by atoms with van der Waals surface area (Å²) in [4.78, 5) is 0. The van der Waals surface area contributed by atoms with Gasteiger partial charge in [-0.1, -0.05) is 29.8 Å². The van der Waals surface area contributed by atoms with E-state index in [-0.39, 0.29) is 0 Å². The summed E-state index contributed by atoms with van der Waals surface area (Å²) in [7, 11) is 0. The molecule has 2 rings (SSSR count). The summed E-state index contributed by atoms with van der Waals surface area (Å²) >= 11 is 0. The normalized spacial score (nSPS) is 19.3. The van der Waals surface area contributed by atoms with E-state index in [4.69, 9.17) is 0 Å². The molecule has 0 radical (unpaired) electrons. The van der Waals surface area contributed by atoms with Gasteiger partial charge in [-0.3, -0.25) is 0 Å². The molecular formula is C13H19NO. The zero-order valence-electron chi connectivity index (χ0n) is 9.32. The van der Waals surface area contributed by atoms with Crippen LogP contribution < -0.4 is 0 Å². The van der Waals surface area contributed by atoms with Crippen LogP contribution in [0.15, 0.2) is 24.3 Å². The first-order valence-corrected chi connectivity index (χ1v) is 5.73. The number of hydroxylamine groups is 2. The van der Waals surface area contributed by atoms with Crippen molar-refractivity contribution in [2.45, 2.75) is 26.2 Å². The molecule has 0 unspecified atom stereocenters. The van der Waals surface area contributed by atoms with Gasteiger partial charge < -0.3 is 5.21 Å². The van der Waals surface area contributed by atoms with Crippen molar-refractivity contribution in [3.8, 4) is 0 Å². The lowest BCUT2D eigenvalue weighted by atomic mass is 9.90. The topological polar surface area (TPSA) is 23.5 Å². The minimum atomic E-state index is 0.746. The molecule has 0 spiro atoms. The van der Waals surface area contributed by atoms with E-state index in [1.165, 1.54) is 16.2 Å². The van der Waals surface area contributed by atoms with Crippen LogP contribution in [0.5, 0.6) is 0 Å². The molecule has 0 atom stereocenters. The average Bonchev–Trinajstić information content (AvgIpc) is 2.25. The van der Waals surface area contributed by atoms with Gasteiger partial charge in [0, 0.05) is 13.1 Å². The second kappa shape index (κ2) is 4.77. The second-order valence-electron chi connectivity index (χ2n) is 4.59. The smallest absolute Gasteiger partial charge is 0.0240 e. The molecule has 1 saturated heterocycles. The quantitative estimate of drug-likeness (QED) is 0.802.